The van der Waals surface area contributed by atoms with Crippen LogP contribution in [0, 0.1) is 5.82 Å². The third-order valence-corrected chi connectivity index (χ3v) is 2.68. The first-order valence-corrected chi connectivity index (χ1v) is 5.55. The van der Waals surface area contributed by atoms with E-state index in [2.05, 4.69) is 25.6 Å². The van der Waals surface area contributed by atoms with Gasteiger partial charge < -0.3 is 14.4 Å². The Morgan fingerprint density at radius 3 is 2.78 bits per heavy atom. The summed E-state index contributed by atoms with van der Waals surface area (Å²) in [6.07, 6.45) is 0. The number of carboxylic acids is 1. The van der Waals surface area contributed by atoms with Crippen LogP contribution in [0.2, 0.25) is 0 Å². The number of halogens is 2. The molecular weight excluding hydrogens is 309 g/mol. The minimum Gasteiger partial charge on any atom is -0.494 e. The number of benzene rings is 1. The molecule has 1 aromatic heterocycles. The molecule has 1 N–H and O–H groups in total. The van der Waals surface area contributed by atoms with Crippen LogP contribution in [0.25, 0.3) is 11.3 Å². The van der Waals surface area contributed by atoms with Crippen molar-refractivity contribution in [1.29, 1.82) is 0 Å². The van der Waals surface area contributed by atoms with E-state index in [0.29, 0.717) is 4.47 Å². The van der Waals surface area contributed by atoms with Crippen LogP contribution in [0.4, 0.5) is 4.39 Å². The van der Waals surface area contributed by atoms with Gasteiger partial charge in [0.1, 0.15) is 5.69 Å². The van der Waals surface area contributed by atoms with Crippen molar-refractivity contribution in [1.82, 2.24) is 5.16 Å². The lowest BCUT2D eigenvalue weighted by molar-refractivity contribution is 0.0652. The van der Waals surface area contributed by atoms with Crippen LogP contribution in [0.5, 0.6) is 5.75 Å². The number of aromatic carboxylic acids is 1. The van der Waals surface area contributed by atoms with Crippen molar-refractivity contribution in [3.63, 3.8) is 0 Å². The second-order valence-electron chi connectivity index (χ2n) is 3.35. The van der Waals surface area contributed by atoms with Crippen molar-refractivity contribution >= 4 is 21.9 Å². The number of methoxy groups -OCH3 is 1. The van der Waals surface area contributed by atoms with Crippen LogP contribution >= 0.6 is 15.9 Å². The summed E-state index contributed by atoms with van der Waals surface area (Å²) < 4.78 is 24.0. The molecule has 0 amide bonds. The van der Waals surface area contributed by atoms with Crippen molar-refractivity contribution in [2.75, 3.05) is 7.11 Å². The van der Waals surface area contributed by atoms with Gasteiger partial charge in [-0.15, -0.1) is 0 Å². The molecule has 0 saturated carbocycles. The van der Waals surface area contributed by atoms with E-state index in [1.54, 1.807) is 0 Å². The monoisotopic (exact) mass is 315 g/mol. The molecule has 0 fully saturated rings. The number of carbonyl (C=O) groups is 1. The number of ether oxygens (including phenoxy) is 1. The summed E-state index contributed by atoms with van der Waals surface area (Å²) in [5.41, 5.74) is 0.182. The number of rotatable bonds is 3. The Labute approximate surface area is 109 Å². The first kappa shape index (κ1) is 12.6. The van der Waals surface area contributed by atoms with Gasteiger partial charge in [0.25, 0.3) is 0 Å². The molecule has 0 bridgehead atoms. The van der Waals surface area contributed by atoms with Crippen molar-refractivity contribution in [2.24, 2.45) is 0 Å². The van der Waals surface area contributed by atoms with Gasteiger partial charge in [0.05, 0.1) is 7.11 Å². The quantitative estimate of drug-likeness (QED) is 0.942. The molecule has 1 aromatic carbocycles. The summed E-state index contributed by atoms with van der Waals surface area (Å²) in [6.45, 7) is 0. The molecule has 0 aliphatic heterocycles. The summed E-state index contributed by atoms with van der Waals surface area (Å²) in [6, 6.07) is 4.06. The smallest absolute Gasteiger partial charge is 0.374 e. The highest BCUT2D eigenvalue weighted by Crippen LogP contribution is 2.32. The average molecular weight is 316 g/mol. The van der Waals surface area contributed by atoms with Crippen LogP contribution in [0.1, 0.15) is 10.6 Å². The Morgan fingerprint density at radius 1 is 1.50 bits per heavy atom. The van der Waals surface area contributed by atoms with Crippen molar-refractivity contribution in [2.45, 2.75) is 0 Å². The Balaban J connectivity index is 2.55. The van der Waals surface area contributed by atoms with Crippen molar-refractivity contribution in [3.05, 3.63) is 34.2 Å². The molecule has 94 valence electrons. The summed E-state index contributed by atoms with van der Waals surface area (Å²) >= 11 is 3.20. The summed E-state index contributed by atoms with van der Waals surface area (Å²) in [4.78, 5) is 10.7. The van der Waals surface area contributed by atoms with Gasteiger partial charge in [-0.2, -0.15) is 0 Å². The van der Waals surface area contributed by atoms with Gasteiger partial charge >= 0.3 is 5.97 Å². The van der Waals surface area contributed by atoms with Crippen molar-refractivity contribution in [3.8, 4) is 17.0 Å². The summed E-state index contributed by atoms with van der Waals surface area (Å²) in [7, 11) is 1.33. The maximum Gasteiger partial charge on any atom is 0.374 e. The molecule has 2 rings (SSSR count). The molecule has 0 aliphatic carbocycles. The van der Waals surface area contributed by atoms with Crippen LogP contribution < -0.4 is 4.74 Å². The lowest BCUT2D eigenvalue weighted by Crippen LogP contribution is -1.93. The topological polar surface area (TPSA) is 72.6 Å². The number of aromatic nitrogens is 1. The highest BCUT2D eigenvalue weighted by molar-refractivity contribution is 9.10. The van der Waals surface area contributed by atoms with Gasteiger partial charge in [0.15, 0.2) is 11.6 Å². The predicted octanol–water partition coefficient (Wildman–Crippen LogP) is 2.95. The fourth-order valence-electron chi connectivity index (χ4n) is 1.40. The van der Waals surface area contributed by atoms with Crippen LogP contribution in [0.15, 0.2) is 27.2 Å². The molecule has 0 aliphatic rings. The Bertz CT molecular complexity index is 611. The second-order valence-corrected chi connectivity index (χ2v) is 4.27. The van der Waals surface area contributed by atoms with E-state index >= 15 is 0 Å². The first-order chi connectivity index (χ1) is 8.52. The van der Waals surface area contributed by atoms with Gasteiger partial charge in [-0.25, -0.2) is 9.18 Å². The highest BCUT2D eigenvalue weighted by Gasteiger charge is 2.18. The second kappa shape index (κ2) is 4.77. The standard InChI is InChI=1S/C11H7BrFNO4/c1-17-8-3-5(12)2-6(10(8)13)7-4-9(11(15)16)18-14-7/h2-4H,1H3,(H,15,16). The molecule has 0 unspecified atom stereocenters. The summed E-state index contributed by atoms with van der Waals surface area (Å²) in [5, 5.41) is 12.2. The van der Waals surface area contributed by atoms with Gasteiger partial charge in [-0.1, -0.05) is 21.1 Å². The molecule has 0 radical (unpaired) electrons. The minimum absolute atomic E-state index is 0.0271. The van der Waals surface area contributed by atoms with Crippen LogP contribution in [-0.2, 0) is 0 Å². The molecule has 2 aromatic rings. The fraction of sp³-hybridized carbons (Fsp3) is 0.0909. The van der Waals surface area contributed by atoms with Gasteiger partial charge in [-0.05, 0) is 12.1 Å². The Hall–Kier alpha value is -1.89. The van der Waals surface area contributed by atoms with E-state index in [4.69, 9.17) is 9.84 Å². The molecule has 0 spiro atoms. The van der Waals surface area contributed by atoms with Gasteiger partial charge in [0.2, 0.25) is 5.76 Å². The highest BCUT2D eigenvalue weighted by atomic mass is 79.9. The number of carboxylic acid groups (broad SMARTS) is 1. The number of hydrogen-bond acceptors (Lipinski definition) is 4. The first-order valence-electron chi connectivity index (χ1n) is 4.76. The van der Waals surface area contributed by atoms with E-state index in [1.807, 2.05) is 0 Å². The molecule has 7 heteroatoms. The zero-order chi connectivity index (χ0) is 13.3. The van der Waals surface area contributed by atoms with E-state index in [9.17, 15) is 9.18 Å². The van der Waals surface area contributed by atoms with Gasteiger partial charge in [-0.3, -0.25) is 0 Å². The van der Waals surface area contributed by atoms with Crippen molar-refractivity contribution < 1.29 is 23.6 Å². The maximum absolute atomic E-state index is 14.0. The Morgan fingerprint density at radius 2 is 2.22 bits per heavy atom. The third kappa shape index (κ3) is 2.21. The Kier molecular flexibility index (Phi) is 3.33. The molecule has 0 atom stereocenters. The maximum atomic E-state index is 14.0. The minimum atomic E-state index is -1.27. The molecular formula is C11H7BrFNO4. The average Bonchev–Trinajstić information content (AvgIpc) is 2.81. The molecule has 1 heterocycles. The van der Waals surface area contributed by atoms with E-state index < -0.39 is 11.8 Å². The zero-order valence-corrected chi connectivity index (χ0v) is 10.7. The lowest BCUT2D eigenvalue weighted by Gasteiger charge is -2.06. The third-order valence-electron chi connectivity index (χ3n) is 2.22. The summed E-state index contributed by atoms with van der Waals surface area (Å²) in [5.74, 6) is -2.23. The largest absolute Gasteiger partial charge is 0.494 e. The molecule has 0 saturated heterocycles. The molecule has 5 nitrogen and oxygen atoms in total. The number of hydrogen-bond donors (Lipinski definition) is 1. The number of nitrogens with zero attached hydrogens (tertiary/aromatic N) is 1. The SMILES string of the molecule is COc1cc(Br)cc(-c2cc(C(=O)O)on2)c1F. The molecule has 18 heavy (non-hydrogen) atoms. The normalized spacial score (nSPS) is 10.4. The lowest BCUT2D eigenvalue weighted by atomic mass is 10.1. The van der Waals surface area contributed by atoms with Crippen LogP contribution in [-0.4, -0.2) is 23.3 Å². The fourth-order valence-corrected chi connectivity index (χ4v) is 1.84. The van der Waals surface area contributed by atoms with Gasteiger partial charge in [0, 0.05) is 16.1 Å². The van der Waals surface area contributed by atoms with Crippen LogP contribution in [0.3, 0.4) is 0 Å². The van der Waals surface area contributed by atoms with E-state index in [0.717, 1.165) is 6.07 Å². The predicted molar refractivity (Wildman–Crippen MR) is 63.1 cm³/mol. The van der Waals surface area contributed by atoms with E-state index in [-0.39, 0.29) is 22.8 Å². The zero-order valence-electron chi connectivity index (χ0n) is 9.11. The van der Waals surface area contributed by atoms with E-state index in [1.165, 1.54) is 19.2 Å².